The number of amides is 1. The highest BCUT2D eigenvalue weighted by Gasteiger charge is 2.26. The van der Waals surface area contributed by atoms with E-state index in [1.54, 1.807) is 6.07 Å². The Labute approximate surface area is 100.0 Å². The lowest BCUT2D eigenvalue weighted by atomic mass is 10.1. The Hall–Kier alpha value is -1.58. The van der Waals surface area contributed by atoms with Gasteiger partial charge in [0.2, 0.25) is 5.91 Å². The van der Waals surface area contributed by atoms with Gasteiger partial charge in [-0.1, -0.05) is 13.8 Å². The third-order valence-corrected chi connectivity index (χ3v) is 2.68. The molecule has 0 saturated heterocycles. The van der Waals surface area contributed by atoms with Crippen LogP contribution in [0, 0.1) is 11.7 Å². The van der Waals surface area contributed by atoms with Crippen LogP contribution in [0.4, 0.5) is 4.39 Å². The fourth-order valence-electron chi connectivity index (χ4n) is 1.93. The molecular weight excluding hydrogens is 221 g/mol. The van der Waals surface area contributed by atoms with Gasteiger partial charge in [-0.2, -0.15) is 0 Å². The molecule has 1 aliphatic heterocycles. The number of benzene rings is 1. The van der Waals surface area contributed by atoms with Gasteiger partial charge in [0.25, 0.3) is 0 Å². The summed E-state index contributed by atoms with van der Waals surface area (Å²) >= 11 is 0. The van der Waals surface area contributed by atoms with E-state index in [0.717, 1.165) is 5.56 Å². The van der Waals surface area contributed by atoms with Crippen LogP contribution in [0.1, 0.15) is 31.9 Å². The van der Waals surface area contributed by atoms with E-state index < -0.39 is 0 Å². The number of halogens is 1. The zero-order valence-electron chi connectivity index (χ0n) is 10.00. The largest absolute Gasteiger partial charge is 0.491 e. The molecule has 0 aromatic heterocycles. The van der Waals surface area contributed by atoms with Crippen molar-refractivity contribution in [2.24, 2.45) is 5.92 Å². The summed E-state index contributed by atoms with van der Waals surface area (Å²) < 4.78 is 18.5. The average molecular weight is 237 g/mol. The summed E-state index contributed by atoms with van der Waals surface area (Å²) in [5.74, 6) is 0.633. The highest BCUT2D eigenvalue weighted by molar-refractivity contribution is 5.76. The number of hydrogen-bond donors (Lipinski definition) is 1. The molecule has 17 heavy (non-hydrogen) atoms. The minimum Gasteiger partial charge on any atom is -0.491 e. The van der Waals surface area contributed by atoms with Gasteiger partial charge in [-0.25, -0.2) is 4.39 Å². The molecule has 0 aliphatic carbocycles. The molecule has 0 saturated carbocycles. The third kappa shape index (κ3) is 2.75. The van der Waals surface area contributed by atoms with Gasteiger partial charge in [0.15, 0.2) is 0 Å². The van der Waals surface area contributed by atoms with Crippen LogP contribution in [-0.2, 0) is 4.79 Å². The fourth-order valence-corrected chi connectivity index (χ4v) is 1.93. The second-order valence-electron chi connectivity index (χ2n) is 4.71. The molecule has 1 heterocycles. The second-order valence-corrected chi connectivity index (χ2v) is 4.71. The Balaban J connectivity index is 2.06. The number of fused-ring (bicyclic) bond motifs is 1. The molecule has 3 nitrogen and oxygen atoms in total. The van der Waals surface area contributed by atoms with Crippen molar-refractivity contribution in [1.82, 2.24) is 5.32 Å². The zero-order valence-corrected chi connectivity index (χ0v) is 10.00. The van der Waals surface area contributed by atoms with Crippen molar-refractivity contribution in [3.8, 4) is 5.75 Å². The van der Waals surface area contributed by atoms with Crippen LogP contribution in [0.15, 0.2) is 18.2 Å². The lowest BCUT2D eigenvalue weighted by molar-refractivity contribution is -0.122. The predicted molar refractivity (Wildman–Crippen MR) is 62.2 cm³/mol. The summed E-state index contributed by atoms with van der Waals surface area (Å²) in [4.78, 5) is 11.6. The smallest absolute Gasteiger partial charge is 0.220 e. The number of carbonyl (C=O) groups excluding carboxylic acids is 1. The number of nitrogens with one attached hydrogen (secondary N) is 1. The minimum atomic E-state index is -0.308. The summed E-state index contributed by atoms with van der Waals surface area (Å²) in [6, 6.07) is 4.14. The number of hydrogen-bond acceptors (Lipinski definition) is 2. The van der Waals surface area contributed by atoms with Crippen molar-refractivity contribution in [2.75, 3.05) is 6.61 Å². The lowest BCUT2D eigenvalue weighted by Gasteiger charge is -2.12. The van der Waals surface area contributed by atoms with E-state index in [-0.39, 0.29) is 17.8 Å². The monoisotopic (exact) mass is 237 g/mol. The van der Waals surface area contributed by atoms with Crippen molar-refractivity contribution in [2.45, 2.75) is 26.3 Å². The van der Waals surface area contributed by atoms with Gasteiger partial charge in [-0.15, -0.1) is 0 Å². The zero-order chi connectivity index (χ0) is 12.4. The summed E-state index contributed by atoms with van der Waals surface area (Å²) in [5, 5.41) is 2.86. The SMILES string of the molecule is CC(C)CC(=O)NC1COc2ccc(F)cc21. The minimum absolute atomic E-state index is 0.0225. The molecule has 1 amide bonds. The van der Waals surface area contributed by atoms with E-state index in [1.807, 2.05) is 13.8 Å². The lowest BCUT2D eigenvalue weighted by Crippen LogP contribution is -2.30. The molecule has 0 radical (unpaired) electrons. The quantitative estimate of drug-likeness (QED) is 0.876. The maximum absolute atomic E-state index is 13.1. The van der Waals surface area contributed by atoms with Gasteiger partial charge in [0.1, 0.15) is 18.2 Å². The maximum atomic E-state index is 13.1. The highest BCUT2D eigenvalue weighted by Crippen LogP contribution is 2.32. The van der Waals surface area contributed by atoms with Crippen molar-refractivity contribution in [1.29, 1.82) is 0 Å². The first kappa shape index (κ1) is 11.9. The van der Waals surface area contributed by atoms with Crippen molar-refractivity contribution in [3.63, 3.8) is 0 Å². The molecule has 0 fully saturated rings. The maximum Gasteiger partial charge on any atom is 0.220 e. The van der Waals surface area contributed by atoms with Crippen molar-refractivity contribution < 1.29 is 13.9 Å². The van der Waals surface area contributed by atoms with E-state index in [0.29, 0.717) is 24.7 Å². The number of rotatable bonds is 3. The molecule has 2 rings (SSSR count). The van der Waals surface area contributed by atoms with Gasteiger partial charge in [0.05, 0.1) is 6.04 Å². The van der Waals surface area contributed by atoms with E-state index in [4.69, 9.17) is 4.74 Å². The van der Waals surface area contributed by atoms with Crippen LogP contribution in [0.5, 0.6) is 5.75 Å². The van der Waals surface area contributed by atoms with Crippen molar-refractivity contribution in [3.05, 3.63) is 29.6 Å². The van der Waals surface area contributed by atoms with Crippen LogP contribution in [0.2, 0.25) is 0 Å². The predicted octanol–water partition coefficient (Wildman–Crippen LogP) is 2.42. The topological polar surface area (TPSA) is 38.3 Å². The molecule has 1 aromatic carbocycles. The second kappa shape index (κ2) is 4.73. The molecular formula is C13H16FNO2. The number of carbonyl (C=O) groups is 1. The molecule has 0 bridgehead atoms. The van der Waals surface area contributed by atoms with E-state index in [1.165, 1.54) is 12.1 Å². The fraction of sp³-hybridized carbons (Fsp3) is 0.462. The first-order chi connectivity index (χ1) is 8.06. The first-order valence-electron chi connectivity index (χ1n) is 5.78. The number of ether oxygens (including phenoxy) is 1. The first-order valence-corrected chi connectivity index (χ1v) is 5.78. The molecule has 1 N–H and O–H groups in total. The molecule has 1 aliphatic rings. The molecule has 92 valence electrons. The van der Waals surface area contributed by atoms with E-state index in [9.17, 15) is 9.18 Å². The third-order valence-electron chi connectivity index (χ3n) is 2.68. The van der Waals surface area contributed by atoms with Gasteiger partial charge in [-0.05, 0) is 24.1 Å². The van der Waals surface area contributed by atoms with Crippen LogP contribution in [0.3, 0.4) is 0 Å². The van der Waals surface area contributed by atoms with Crippen molar-refractivity contribution >= 4 is 5.91 Å². The summed E-state index contributed by atoms with van der Waals surface area (Å²) in [6.07, 6.45) is 0.473. The highest BCUT2D eigenvalue weighted by atomic mass is 19.1. The Kier molecular flexibility index (Phi) is 3.31. The Morgan fingerprint density at radius 2 is 2.35 bits per heavy atom. The normalized spacial score (nSPS) is 17.8. The Morgan fingerprint density at radius 1 is 1.59 bits per heavy atom. The van der Waals surface area contributed by atoms with Crippen LogP contribution in [-0.4, -0.2) is 12.5 Å². The summed E-state index contributed by atoms with van der Waals surface area (Å²) in [5.41, 5.74) is 0.724. The van der Waals surface area contributed by atoms with Crippen LogP contribution >= 0.6 is 0 Å². The molecule has 1 atom stereocenters. The van der Waals surface area contributed by atoms with Gasteiger partial charge in [0, 0.05) is 12.0 Å². The molecule has 1 aromatic rings. The van der Waals surface area contributed by atoms with E-state index >= 15 is 0 Å². The van der Waals surface area contributed by atoms with Gasteiger partial charge < -0.3 is 10.1 Å². The summed E-state index contributed by atoms with van der Waals surface area (Å²) in [6.45, 7) is 4.35. The van der Waals surface area contributed by atoms with Gasteiger partial charge in [-0.3, -0.25) is 4.79 Å². The Bertz CT molecular complexity index is 431. The molecule has 4 heteroatoms. The standard InChI is InChI=1S/C13H16FNO2/c1-8(2)5-13(16)15-11-7-17-12-4-3-9(14)6-10(11)12/h3-4,6,8,11H,5,7H2,1-2H3,(H,15,16). The summed E-state index contributed by atoms with van der Waals surface area (Å²) in [7, 11) is 0. The van der Waals surface area contributed by atoms with Gasteiger partial charge >= 0.3 is 0 Å². The van der Waals surface area contributed by atoms with Crippen LogP contribution < -0.4 is 10.1 Å². The molecule has 1 unspecified atom stereocenters. The van der Waals surface area contributed by atoms with Crippen LogP contribution in [0.25, 0.3) is 0 Å². The average Bonchev–Trinajstić information content (AvgIpc) is 2.60. The Morgan fingerprint density at radius 3 is 3.06 bits per heavy atom. The van der Waals surface area contributed by atoms with E-state index in [2.05, 4.69) is 5.32 Å². The molecule has 0 spiro atoms.